The fourth-order valence-electron chi connectivity index (χ4n) is 3.13. The van der Waals surface area contributed by atoms with Crippen molar-refractivity contribution in [3.8, 4) is 23.3 Å². The number of aryl methyl sites for hydroxylation is 1. The number of aromatic nitrogens is 2. The molecular formula is C26H27ClN4O4S. The molecule has 0 radical (unpaired) electrons. The topological polar surface area (TPSA) is 106 Å². The first-order valence-electron chi connectivity index (χ1n) is 11.2. The van der Waals surface area contributed by atoms with Crippen LogP contribution >= 0.6 is 22.9 Å². The van der Waals surface area contributed by atoms with Gasteiger partial charge in [0, 0.05) is 11.4 Å². The molecule has 0 aliphatic heterocycles. The van der Waals surface area contributed by atoms with Crippen LogP contribution in [0.1, 0.15) is 30.0 Å². The summed E-state index contributed by atoms with van der Waals surface area (Å²) in [6.07, 6.45) is 2.25. The summed E-state index contributed by atoms with van der Waals surface area (Å²) in [7, 11) is 1.52. The number of hydrogen-bond donors (Lipinski definition) is 1. The van der Waals surface area contributed by atoms with Gasteiger partial charge in [-0.3, -0.25) is 10.1 Å². The molecule has 0 aliphatic rings. The molecule has 0 atom stereocenters. The van der Waals surface area contributed by atoms with Crippen LogP contribution in [-0.2, 0) is 11.2 Å². The molecular weight excluding hydrogens is 500 g/mol. The van der Waals surface area contributed by atoms with Gasteiger partial charge in [0.1, 0.15) is 35.6 Å². The standard InChI is InChI=1S/C26H27ClN4O4S/c1-16(2)11-24-30-31-26(36-24)29-25(32)19(15-28)13-18-5-8-22(23(14-18)33-4)35-10-9-34-20-6-7-21(27)17(3)12-20/h5-8,12-14,16H,9-11H2,1-4H3,(H,29,31,32)/b19-13-. The van der Waals surface area contributed by atoms with Gasteiger partial charge in [0.25, 0.3) is 5.91 Å². The van der Waals surface area contributed by atoms with Crippen LogP contribution in [0.15, 0.2) is 42.0 Å². The lowest BCUT2D eigenvalue weighted by molar-refractivity contribution is -0.112. The molecule has 8 nitrogen and oxygen atoms in total. The SMILES string of the molecule is COc1cc(/C=C(/C#N)C(=O)Nc2nnc(CC(C)C)s2)ccc1OCCOc1ccc(Cl)c(C)c1. The Kier molecular flexibility index (Phi) is 9.68. The molecule has 2 aromatic carbocycles. The van der Waals surface area contributed by atoms with E-state index >= 15 is 0 Å². The van der Waals surface area contributed by atoms with Crippen LogP contribution in [0.4, 0.5) is 5.13 Å². The van der Waals surface area contributed by atoms with Crippen LogP contribution in [0, 0.1) is 24.2 Å². The second kappa shape index (κ2) is 12.9. The van der Waals surface area contributed by atoms with Crippen molar-refractivity contribution >= 4 is 40.1 Å². The number of nitrogens with one attached hydrogen (secondary N) is 1. The maximum atomic E-state index is 12.6. The number of nitrogens with zero attached hydrogens (tertiary/aromatic N) is 3. The number of carbonyl (C=O) groups is 1. The van der Waals surface area contributed by atoms with Gasteiger partial charge in [0.15, 0.2) is 11.5 Å². The van der Waals surface area contributed by atoms with Crippen molar-refractivity contribution in [2.24, 2.45) is 5.92 Å². The lowest BCUT2D eigenvalue weighted by Gasteiger charge is -2.12. The van der Waals surface area contributed by atoms with E-state index in [0.717, 1.165) is 17.0 Å². The highest BCUT2D eigenvalue weighted by molar-refractivity contribution is 7.15. The summed E-state index contributed by atoms with van der Waals surface area (Å²) in [6.45, 7) is 6.69. The van der Waals surface area contributed by atoms with E-state index in [9.17, 15) is 10.1 Å². The number of ether oxygens (including phenoxy) is 3. The van der Waals surface area contributed by atoms with E-state index in [2.05, 4.69) is 29.4 Å². The molecule has 0 fully saturated rings. The summed E-state index contributed by atoms with van der Waals surface area (Å²) < 4.78 is 16.9. The molecule has 188 valence electrons. The number of rotatable bonds is 11. The molecule has 0 saturated heterocycles. The molecule has 0 aliphatic carbocycles. The summed E-state index contributed by atoms with van der Waals surface area (Å²) in [5.41, 5.74) is 1.47. The van der Waals surface area contributed by atoms with Crippen LogP contribution in [0.25, 0.3) is 6.08 Å². The largest absolute Gasteiger partial charge is 0.493 e. The van der Waals surface area contributed by atoms with E-state index in [-0.39, 0.29) is 5.57 Å². The van der Waals surface area contributed by atoms with Gasteiger partial charge in [-0.2, -0.15) is 5.26 Å². The normalized spacial score (nSPS) is 11.2. The maximum absolute atomic E-state index is 12.6. The summed E-state index contributed by atoms with van der Waals surface area (Å²) in [5, 5.41) is 22.1. The molecule has 10 heteroatoms. The summed E-state index contributed by atoms with van der Waals surface area (Å²) >= 11 is 7.33. The zero-order valence-electron chi connectivity index (χ0n) is 20.5. The molecule has 36 heavy (non-hydrogen) atoms. The number of nitriles is 1. The fourth-order valence-corrected chi connectivity index (χ4v) is 4.19. The predicted molar refractivity (Wildman–Crippen MR) is 141 cm³/mol. The molecule has 3 rings (SSSR count). The number of benzene rings is 2. The summed E-state index contributed by atoms with van der Waals surface area (Å²) in [5.74, 6) is 1.56. The third-order valence-electron chi connectivity index (χ3n) is 4.87. The van der Waals surface area contributed by atoms with Gasteiger partial charge in [-0.15, -0.1) is 10.2 Å². The molecule has 1 N–H and O–H groups in total. The minimum atomic E-state index is -0.557. The van der Waals surface area contributed by atoms with Crippen molar-refractivity contribution < 1.29 is 19.0 Å². The number of hydrogen-bond acceptors (Lipinski definition) is 8. The lowest BCUT2D eigenvalue weighted by atomic mass is 10.1. The van der Waals surface area contributed by atoms with E-state index in [1.54, 1.807) is 30.3 Å². The van der Waals surface area contributed by atoms with Crippen LogP contribution in [0.2, 0.25) is 5.02 Å². The molecule has 0 spiro atoms. The van der Waals surface area contributed by atoms with Crippen LogP contribution < -0.4 is 19.5 Å². The second-order valence-electron chi connectivity index (χ2n) is 8.24. The van der Waals surface area contributed by atoms with Crippen LogP contribution in [0.3, 0.4) is 0 Å². The minimum absolute atomic E-state index is 0.0713. The Morgan fingerprint density at radius 3 is 2.64 bits per heavy atom. The van der Waals surface area contributed by atoms with Crippen molar-refractivity contribution in [3.05, 3.63) is 63.1 Å². The Morgan fingerprint density at radius 2 is 1.94 bits per heavy atom. The average molecular weight is 527 g/mol. The van der Waals surface area contributed by atoms with E-state index in [0.29, 0.717) is 52.1 Å². The average Bonchev–Trinajstić information content (AvgIpc) is 3.28. The lowest BCUT2D eigenvalue weighted by Crippen LogP contribution is -2.13. The highest BCUT2D eigenvalue weighted by atomic mass is 35.5. The van der Waals surface area contributed by atoms with E-state index in [1.807, 2.05) is 19.1 Å². The molecule has 1 amide bonds. The fraction of sp³-hybridized carbons (Fsp3) is 0.308. The Balaban J connectivity index is 1.61. The van der Waals surface area contributed by atoms with Gasteiger partial charge in [0.2, 0.25) is 5.13 Å². The van der Waals surface area contributed by atoms with Crippen molar-refractivity contribution in [1.29, 1.82) is 5.26 Å². The maximum Gasteiger partial charge on any atom is 0.268 e. The van der Waals surface area contributed by atoms with Gasteiger partial charge in [-0.25, -0.2) is 0 Å². The number of amides is 1. The molecule has 1 heterocycles. The Labute approximate surface area is 219 Å². The van der Waals surface area contributed by atoms with Crippen LogP contribution in [0.5, 0.6) is 17.2 Å². The molecule has 0 unspecified atom stereocenters. The smallest absolute Gasteiger partial charge is 0.268 e. The number of methoxy groups -OCH3 is 1. The van der Waals surface area contributed by atoms with E-state index in [4.69, 9.17) is 25.8 Å². The first-order valence-corrected chi connectivity index (χ1v) is 12.4. The van der Waals surface area contributed by atoms with Gasteiger partial charge in [-0.1, -0.05) is 42.9 Å². The van der Waals surface area contributed by atoms with Crippen molar-refractivity contribution in [2.45, 2.75) is 27.2 Å². The Hall–Kier alpha value is -3.61. The zero-order valence-corrected chi connectivity index (χ0v) is 22.1. The summed E-state index contributed by atoms with van der Waals surface area (Å²) in [6, 6.07) is 12.5. The van der Waals surface area contributed by atoms with Crippen molar-refractivity contribution in [2.75, 3.05) is 25.6 Å². The number of anilines is 1. The quantitative estimate of drug-likeness (QED) is 0.194. The molecule has 1 aromatic heterocycles. The Morgan fingerprint density at radius 1 is 1.17 bits per heavy atom. The van der Waals surface area contributed by atoms with Gasteiger partial charge < -0.3 is 14.2 Å². The molecule has 0 bridgehead atoms. The van der Waals surface area contributed by atoms with E-state index in [1.165, 1.54) is 24.5 Å². The molecule has 0 saturated carbocycles. The third kappa shape index (κ3) is 7.70. The van der Waals surface area contributed by atoms with Gasteiger partial charge in [-0.05, 0) is 60.4 Å². The van der Waals surface area contributed by atoms with Gasteiger partial charge in [0.05, 0.1) is 7.11 Å². The van der Waals surface area contributed by atoms with Crippen molar-refractivity contribution in [3.63, 3.8) is 0 Å². The Bertz CT molecular complexity index is 1280. The molecule has 3 aromatic rings. The predicted octanol–water partition coefficient (Wildman–Crippen LogP) is 5.71. The zero-order chi connectivity index (χ0) is 26.1. The van der Waals surface area contributed by atoms with Crippen LogP contribution in [-0.4, -0.2) is 36.4 Å². The summed E-state index contributed by atoms with van der Waals surface area (Å²) in [4.78, 5) is 12.6. The second-order valence-corrected chi connectivity index (χ2v) is 9.71. The highest BCUT2D eigenvalue weighted by Gasteiger charge is 2.14. The van der Waals surface area contributed by atoms with Gasteiger partial charge >= 0.3 is 0 Å². The van der Waals surface area contributed by atoms with E-state index < -0.39 is 5.91 Å². The third-order valence-corrected chi connectivity index (χ3v) is 6.16. The van der Waals surface area contributed by atoms with Crippen molar-refractivity contribution in [1.82, 2.24) is 10.2 Å². The number of halogens is 1. The monoisotopic (exact) mass is 526 g/mol. The number of carbonyl (C=O) groups excluding carboxylic acids is 1. The highest BCUT2D eigenvalue weighted by Crippen LogP contribution is 2.29. The first-order chi connectivity index (χ1) is 17.3. The first kappa shape index (κ1) is 27.0. The minimum Gasteiger partial charge on any atom is -0.493 e.